The number of fused-ring (bicyclic) bond motifs is 7. The Morgan fingerprint density at radius 2 is 1.69 bits per heavy atom. The number of carbonyl (C=O) groups is 3. The van der Waals surface area contributed by atoms with Crippen molar-refractivity contribution in [2.24, 2.45) is 5.92 Å². The molecule has 0 bridgehead atoms. The SMILES string of the molecule is CC(C)[C@H](NC(=O)[C@@H]1Cc2c([nH]c3ccccc23)[C@H]2c3ccccc3C(=O)N21)C(=O)NCCc1ccccc1. The van der Waals surface area contributed by atoms with Crippen LogP contribution in [0.4, 0.5) is 0 Å². The third-order valence-electron chi connectivity index (χ3n) is 7.96. The summed E-state index contributed by atoms with van der Waals surface area (Å²) < 4.78 is 0. The molecular weight excluding hydrogens is 488 g/mol. The van der Waals surface area contributed by atoms with Crippen LogP contribution >= 0.6 is 0 Å². The summed E-state index contributed by atoms with van der Waals surface area (Å²) in [7, 11) is 0. The zero-order valence-electron chi connectivity index (χ0n) is 22.1. The summed E-state index contributed by atoms with van der Waals surface area (Å²) in [5, 5.41) is 7.05. The molecule has 0 unspecified atom stereocenters. The standard InChI is InChI=1S/C32H32N4O3/c1-19(2)27(31(38)33-17-16-20-10-4-3-5-11-20)35-30(37)26-18-24-21-12-8-9-15-25(21)34-28(24)29-22-13-6-7-14-23(22)32(39)36(26)29/h3-15,19,26-27,29,34H,16-18H2,1-2H3,(H,33,38)(H,35,37)/t26-,27-,29+/m0/s1. The van der Waals surface area contributed by atoms with E-state index in [0.717, 1.165) is 33.3 Å². The predicted molar refractivity (Wildman–Crippen MR) is 150 cm³/mol. The molecule has 3 N–H and O–H groups in total. The van der Waals surface area contributed by atoms with Gasteiger partial charge in [0.25, 0.3) is 5.91 Å². The van der Waals surface area contributed by atoms with Crippen molar-refractivity contribution in [3.63, 3.8) is 0 Å². The number of hydrogen-bond acceptors (Lipinski definition) is 3. The first-order chi connectivity index (χ1) is 18.9. The molecule has 2 aliphatic heterocycles. The van der Waals surface area contributed by atoms with E-state index in [1.807, 2.05) is 86.6 Å². The Morgan fingerprint density at radius 3 is 2.49 bits per heavy atom. The fourth-order valence-electron chi connectivity index (χ4n) is 6.01. The fraction of sp³-hybridized carbons (Fsp3) is 0.281. The molecule has 39 heavy (non-hydrogen) atoms. The minimum atomic E-state index is -0.736. The van der Waals surface area contributed by atoms with E-state index in [2.05, 4.69) is 21.7 Å². The molecule has 0 saturated heterocycles. The van der Waals surface area contributed by atoms with Crippen molar-refractivity contribution < 1.29 is 14.4 Å². The Hall–Kier alpha value is -4.39. The van der Waals surface area contributed by atoms with E-state index in [1.54, 1.807) is 4.90 Å². The summed E-state index contributed by atoms with van der Waals surface area (Å²) in [6.45, 7) is 4.31. The highest BCUT2D eigenvalue weighted by Gasteiger charge is 2.49. The molecule has 0 saturated carbocycles. The molecule has 0 spiro atoms. The topological polar surface area (TPSA) is 94.3 Å². The first kappa shape index (κ1) is 24.9. The van der Waals surface area contributed by atoms with Crippen LogP contribution in [0, 0.1) is 5.92 Å². The smallest absolute Gasteiger partial charge is 0.255 e. The van der Waals surface area contributed by atoms with Gasteiger partial charge in [0.2, 0.25) is 11.8 Å². The normalized spacial score (nSPS) is 18.4. The van der Waals surface area contributed by atoms with Crippen LogP contribution in [0.3, 0.4) is 0 Å². The van der Waals surface area contributed by atoms with E-state index in [9.17, 15) is 14.4 Å². The number of carbonyl (C=O) groups excluding carboxylic acids is 3. The first-order valence-corrected chi connectivity index (χ1v) is 13.6. The Bertz CT molecular complexity index is 1560. The molecule has 3 heterocycles. The van der Waals surface area contributed by atoms with Crippen LogP contribution in [-0.4, -0.2) is 46.2 Å². The molecule has 3 amide bonds. The second kappa shape index (κ2) is 10.1. The molecule has 0 aliphatic carbocycles. The quantitative estimate of drug-likeness (QED) is 0.342. The molecule has 0 radical (unpaired) electrons. The molecule has 6 rings (SSSR count). The van der Waals surface area contributed by atoms with Crippen LogP contribution in [0.15, 0.2) is 78.9 Å². The number of amides is 3. The highest BCUT2D eigenvalue weighted by Crippen LogP contribution is 2.46. The zero-order chi connectivity index (χ0) is 27.1. The predicted octanol–water partition coefficient (Wildman–Crippen LogP) is 4.14. The Kier molecular flexibility index (Phi) is 6.43. The first-order valence-electron chi connectivity index (χ1n) is 13.6. The summed E-state index contributed by atoms with van der Waals surface area (Å²) in [6, 6.07) is 23.7. The van der Waals surface area contributed by atoms with Crippen molar-refractivity contribution in [2.75, 3.05) is 6.54 Å². The van der Waals surface area contributed by atoms with Crippen molar-refractivity contribution in [3.05, 3.63) is 107 Å². The lowest BCUT2D eigenvalue weighted by atomic mass is 9.89. The number of aromatic nitrogens is 1. The molecule has 7 nitrogen and oxygen atoms in total. The van der Waals surface area contributed by atoms with Gasteiger partial charge in [-0.15, -0.1) is 0 Å². The average Bonchev–Trinajstić information content (AvgIpc) is 3.47. The van der Waals surface area contributed by atoms with Gasteiger partial charge < -0.3 is 20.5 Å². The Labute approximate surface area is 227 Å². The van der Waals surface area contributed by atoms with E-state index in [4.69, 9.17) is 0 Å². The second-order valence-electron chi connectivity index (χ2n) is 10.7. The summed E-state index contributed by atoms with van der Waals surface area (Å²) >= 11 is 0. The third kappa shape index (κ3) is 4.38. The van der Waals surface area contributed by atoms with Crippen molar-refractivity contribution in [2.45, 2.75) is 44.8 Å². The molecule has 1 aromatic heterocycles. The van der Waals surface area contributed by atoms with Crippen molar-refractivity contribution in [3.8, 4) is 0 Å². The van der Waals surface area contributed by atoms with Crippen LogP contribution in [0.2, 0.25) is 0 Å². The number of rotatable bonds is 7. The summed E-state index contributed by atoms with van der Waals surface area (Å²) in [5.74, 6) is -0.812. The lowest BCUT2D eigenvalue weighted by molar-refractivity contribution is -0.132. The van der Waals surface area contributed by atoms with Crippen molar-refractivity contribution in [1.82, 2.24) is 20.5 Å². The molecule has 4 aromatic rings. The van der Waals surface area contributed by atoms with Crippen LogP contribution < -0.4 is 10.6 Å². The van der Waals surface area contributed by atoms with Crippen LogP contribution in [-0.2, 0) is 22.4 Å². The number of benzene rings is 3. The molecule has 2 aliphatic rings. The molecule has 7 heteroatoms. The molecule has 0 fully saturated rings. The maximum absolute atomic E-state index is 13.9. The summed E-state index contributed by atoms with van der Waals surface area (Å²) in [6.07, 6.45) is 1.08. The number of nitrogens with zero attached hydrogens (tertiary/aromatic N) is 1. The highest BCUT2D eigenvalue weighted by molar-refractivity contribution is 6.04. The van der Waals surface area contributed by atoms with Crippen LogP contribution in [0.25, 0.3) is 10.9 Å². The van der Waals surface area contributed by atoms with Gasteiger partial charge in [-0.25, -0.2) is 0 Å². The largest absolute Gasteiger partial charge is 0.356 e. The number of H-pyrrole nitrogens is 1. The minimum Gasteiger partial charge on any atom is -0.356 e. The van der Waals surface area contributed by atoms with Gasteiger partial charge in [-0.05, 0) is 41.2 Å². The van der Waals surface area contributed by atoms with Crippen molar-refractivity contribution >= 4 is 28.6 Å². The lowest BCUT2D eigenvalue weighted by Gasteiger charge is -2.38. The van der Waals surface area contributed by atoms with Gasteiger partial charge in [0.05, 0.1) is 6.04 Å². The second-order valence-corrected chi connectivity index (χ2v) is 10.7. The molecule has 198 valence electrons. The van der Waals surface area contributed by atoms with E-state index in [0.29, 0.717) is 24.9 Å². The van der Waals surface area contributed by atoms with Gasteiger partial charge in [0, 0.05) is 35.1 Å². The maximum Gasteiger partial charge on any atom is 0.255 e. The zero-order valence-corrected chi connectivity index (χ0v) is 22.1. The molecular formula is C32H32N4O3. The van der Waals surface area contributed by atoms with Crippen LogP contribution in [0.5, 0.6) is 0 Å². The summed E-state index contributed by atoms with van der Waals surface area (Å²) in [5.41, 5.74) is 5.64. The maximum atomic E-state index is 13.9. The average molecular weight is 521 g/mol. The number of hydrogen-bond donors (Lipinski definition) is 3. The Balaban J connectivity index is 1.27. The Morgan fingerprint density at radius 1 is 0.974 bits per heavy atom. The van der Waals surface area contributed by atoms with Crippen LogP contribution in [0.1, 0.15) is 52.6 Å². The van der Waals surface area contributed by atoms with Gasteiger partial charge in [-0.2, -0.15) is 0 Å². The van der Waals surface area contributed by atoms with Gasteiger partial charge in [0.15, 0.2) is 0 Å². The van der Waals surface area contributed by atoms with E-state index >= 15 is 0 Å². The van der Waals surface area contributed by atoms with E-state index in [-0.39, 0.29) is 29.7 Å². The van der Waals surface area contributed by atoms with Gasteiger partial charge in [-0.1, -0.05) is 80.6 Å². The van der Waals surface area contributed by atoms with Gasteiger partial charge >= 0.3 is 0 Å². The fourth-order valence-corrected chi connectivity index (χ4v) is 6.01. The van der Waals surface area contributed by atoms with Gasteiger partial charge in [-0.3, -0.25) is 14.4 Å². The van der Waals surface area contributed by atoms with E-state index < -0.39 is 12.1 Å². The monoisotopic (exact) mass is 520 g/mol. The van der Waals surface area contributed by atoms with Crippen molar-refractivity contribution in [1.29, 1.82) is 0 Å². The van der Waals surface area contributed by atoms with E-state index in [1.165, 1.54) is 0 Å². The number of aromatic amines is 1. The molecule has 3 atom stereocenters. The summed E-state index contributed by atoms with van der Waals surface area (Å²) in [4.78, 5) is 46.0. The number of para-hydroxylation sites is 1. The number of nitrogens with one attached hydrogen (secondary N) is 3. The third-order valence-corrected chi connectivity index (χ3v) is 7.96. The van der Waals surface area contributed by atoms with Gasteiger partial charge in [0.1, 0.15) is 12.1 Å². The highest BCUT2D eigenvalue weighted by atomic mass is 16.2. The minimum absolute atomic E-state index is 0.125. The lowest BCUT2D eigenvalue weighted by Crippen LogP contribution is -2.57. The molecule has 3 aromatic carbocycles.